The van der Waals surface area contributed by atoms with E-state index in [9.17, 15) is 9.90 Å². The first-order chi connectivity index (χ1) is 15.3. The number of phenols is 1. The second kappa shape index (κ2) is 8.91. The maximum atomic E-state index is 12.3. The Morgan fingerprint density at radius 3 is 2.62 bits per heavy atom. The number of nitrogens with one attached hydrogen (secondary N) is 2. The summed E-state index contributed by atoms with van der Waals surface area (Å²) in [5.74, 6) is 2.28. The summed E-state index contributed by atoms with van der Waals surface area (Å²) in [5.41, 5.74) is 1.61. The lowest BCUT2D eigenvalue weighted by Gasteiger charge is -2.23. The number of phenolic OH excluding ortho intramolecular Hbond substituents is 1. The van der Waals surface area contributed by atoms with Crippen molar-refractivity contribution in [3.05, 3.63) is 47.5 Å². The molecule has 0 bridgehead atoms. The van der Waals surface area contributed by atoms with Crippen LogP contribution in [0, 0.1) is 5.92 Å². The zero-order valence-electron chi connectivity index (χ0n) is 18.2. The van der Waals surface area contributed by atoms with Gasteiger partial charge in [-0.25, -0.2) is 0 Å². The van der Waals surface area contributed by atoms with E-state index in [0.29, 0.717) is 17.3 Å². The van der Waals surface area contributed by atoms with Crippen LogP contribution in [0.15, 0.2) is 36.4 Å². The zero-order valence-corrected chi connectivity index (χ0v) is 19.1. The lowest BCUT2D eigenvalue weighted by molar-refractivity contribution is 0.0824. The molecule has 1 amide bonds. The first-order valence-electron chi connectivity index (χ1n) is 10.1. The molecule has 4 rings (SSSR count). The summed E-state index contributed by atoms with van der Waals surface area (Å²) in [5, 5.41) is 17.2. The number of carbonyl (C=O) groups excluding carboxylic acids is 1. The third-order valence-corrected chi connectivity index (χ3v) is 5.66. The Morgan fingerprint density at radius 1 is 1.12 bits per heavy atom. The number of ether oxygens (including phenoxy) is 2. The predicted molar refractivity (Wildman–Crippen MR) is 123 cm³/mol. The monoisotopic (exact) mass is 455 g/mol. The van der Waals surface area contributed by atoms with Crippen molar-refractivity contribution in [2.75, 3.05) is 31.5 Å². The molecule has 168 valence electrons. The number of hydrogen-bond donors (Lipinski definition) is 3. The highest BCUT2D eigenvalue weighted by atomic mass is 32.1. The van der Waals surface area contributed by atoms with Crippen LogP contribution >= 0.6 is 11.7 Å². The average Bonchev–Trinajstić information content (AvgIpc) is 3.41. The summed E-state index contributed by atoms with van der Waals surface area (Å²) in [6.07, 6.45) is 0. The number of para-hydroxylation sites is 1. The van der Waals surface area contributed by atoms with E-state index in [2.05, 4.69) is 33.2 Å². The molecule has 2 heterocycles. The SMILES string of the molecule is CC(C)[C@@H](Nc1nsnc1Nc1cccc(C(=O)N(C)C)c1O)c1ccc2c(c1)OCO2. The number of aromatic nitrogens is 2. The van der Waals surface area contributed by atoms with Crippen LogP contribution in [-0.2, 0) is 0 Å². The fraction of sp³-hybridized carbons (Fsp3) is 0.318. The number of fused-ring (bicyclic) bond motifs is 1. The fourth-order valence-corrected chi connectivity index (χ4v) is 3.91. The van der Waals surface area contributed by atoms with E-state index in [0.717, 1.165) is 28.8 Å². The number of nitrogens with zero attached hydrogens (tertiary/aromatic N) is 3. The topological polar surface area (TPSA) is 109 Å². The van der Waals surface area contributed by atoms with Gasteiger partial charge in [-0.05, 0) is 35.7 Å². The first-order valence-corrected chi connectivity index (χ1v) is 10.9. The quantitative estimate of drug-likeness (QED) is 0.454. The summed E-state index contributed by atoms with van der Waals surface area (Å²) in [4.78, 5) is 13.7. The Bertz CT molecular complexity index is 1130. The van der Waals surface area contributed by atoms with Crippen molar-refractivity contribution in [3.63, 3.8) is 0 Å². The number of aromatic hydroxyl groups is 1. The van der Waals surface area contributed by atoms with Crippen LogP contribution < -0.4 is 20.1 Å². The van der Waals surface area contributed by atoms with Gasteiger partial charge in [0.2, 0.25) is 6.79 Å². The summed E-state index contributed by atoms with van der Waals surface area (Å²) in [7, 11) is 3.27. The van der Waals surface area contributed by atoms with Crippen LogP contribution in [0.3, 0.4) is 0 Å². The van der Waals surface area contributed by atoms with E-state index < -0.39 is 0 Å². The van der Waals surface area contributed by atoms with Gasteiger partial charge in [-0.3, -0.25) is 4.79 Å². The maximum absolute atomic E-state index is 12.3. The molecule has 10 heteroatoms. The minimum atomic E-state index is -0.288. The summed E-state index contributed by atoms with van der Waals surface area (Å²) in [6, 6.07) is 10.8. The molecule has 9 nitrogen and oxygen atoms in total. The molecule has 32 heavy (non-hydrogen) atoms. The molecule has 0 radical (unpaired) electrons. The lowest BCUT2D eigenvalue weighted by atomic mass is 9.95. The number of rotatable bonds is 7. The standard InChI is InChI=1S/C22H25N5O4S/c1-12(2)18(13-8-9-16-17(10-13)31-11-30-16)24-21-20(25-32-26-21)23-15-7-5-6-14(19(15)28)22(29)27(3)4/h5-10,12,18,28H,11H2,1-4H3,(H,23,25)(H,24,26)/t18-/m1/s1. The Morgan fingerprint density at radius 2 is 1.88 bits per heavy atom. The molecule has 0 unspecified atom stereocenters. The van der Waals surface area contributed by atoms with Crippen LogP contribution in [-0.4, -0.2) is 45.5 Å². The van der Waals surface area contributed by atoms with Crippen molar-refractivity contribution < 1.29 is 19.4 Å². The molecule has 1 aliphatic heterocycles. The third kappa shape index (κ3) is 4.26. The van der Waals surface area contributed by atoms with Crippen molar-refractivity contribution in [2.24, 2.45) is 5.92 Å². The second-order valence-electron chi connectivity index (χ2n) is 7.97. The van der Waals surface area contributed by atoms with E-state index in [4.69, 9.17) is 9.47 Å². The average molecular weight is 456 g/mol. The second-order valence-corrected chi connectivity index (χ2v) is 8.49. The van der Waals surface area contributed by atoms with Gasteiger partial charge in [-0.1, -0.05) is 26.0 Å². The molecule has 1 atom stereocenters. The Kier molecular flexibility index (Phi) is 6.04. The van der Waals surface area contributed by atoms with E-state index in [1.807, 2.05) is 18.2 Å². The van der Waals surface area contributed by atoms with E-state index >= 15 is 0 Å². The Hall–Kier alpha value is -3.53. The summed E-state index contributed by atoms with van der Waals surface area (Å²) < 4.78 is 19.7. The van der Waals surface area contributed by atoms with Crippen molar-refractivity contribution in [3.8, 4) is 17.2 Å². The number of amides is 1. The van der Waals surface area contributed by atoms with Crippen molar-refractivity contribution in [1.29, 1.82) is 0 Å². The van der Waals surface area contributed by atoms with Crippen LogP contribution in [0.4, 0.5) is 17.3 Å². The van der Waals surface area contributed by atoms with Crippen molar-refractivity contribution in [1.82, 2.24) is 13.6 Å². The predicted octanol–water partition coefficient (Wildman–Crippen LogP) is 4.23. The number of hydrogen-bond acceptors (Lipinski definition) is 9. The van der Waals surface area contributed by atoms with Crippen LogP contribution in [0.2, 0.25) is 0 Å². The van der Waals surface area contributed by atoms with Gasteiger partial charge in [0, 0.05) is 14.1 Å². The highest BCUT2D eigenvalue weighted by Gasteiger charge is 2.23. The first kappa shape index (κ1) is 21.7. The van der Waals surface area contributed by atoms with Gasteiger partial charge in [0.1, 0.15) is 0 Å². The van der Waals surface area contributed by atoms with Gasteiger partial charge in [-0.15, -0.1) is 0 Å². The highest BCUT2D eigenvalue weighted by molar-refractivity contribution is 6.99. The number of carbonyl (C=O) groups is 1. The van der Waals surface area contributed by atoms with Gasteiger partial charge in [-0.2, -0.15) is 8.75 Å². The van der Waals surface area contributed by atoms with Crippen molar-refractivity contribution in [2.45, 2.75) is 19.9 Å². The normalized spacial score (nSPS) is 13.2. The molecule has 0 spiro atoms. The van der Waals surface area contributed by atoms with Crippen LogP contribution in [0.5, 0.6) is 17.2 Å². The van der Waals surface area contributed by atoms with Crippen LogP contribution in [0.1, 0.15) is 35.8 Å². The number of anilines is 3. The Balaban J connectivity index is 1.59. The molecular weight excluding hydrogens is 430 g/mol. The third-order valence-electron chi connectivity index (χ3n) is 5.13. The summed E-state index contributed by atoms with van der Waals surface area (Å²) >= 11 is 1.05. The zero-order chi connectivity index (χ0) is 22.8. The van der Waals surface area contributed by atoms with E-state index in [1.165, 1.54) is 4.90 Å². The molecule has 0 fully saturated rings. The minimum Gasteiger partial charge on any atom is -0.505 e. The molecule has 1 aromatic heterocycles. The molecule has 0 saturated heterocycles. The minimum absolute atomic E-state index is 0.0656. The molecule has 2 aromatic carbocycles. The summed E-state index contributed by atoms with van der Waals surface area (Å²) in [6.45, 7) is 4.44. The van der Waals surface area contributed by atoms with Gasteiger partial charge < -0.3 is 30.1 Å². The highest BCUT2D eigenvalue weighted by Crippen LogP contribution is 2.38. The molecule has 3 N–H and O–H groups in total. The smallest absolute Gasteiger partial charge is 0.257 e. The van der Waals surface area contributed by atoms with Gasteiger partial charge in [0.05, 0.1) is 29.0 Å². The van der Waals surface area contributed by atoms with Crippen LogP contribution in [0.25, 0.3) is 0 Å². The molecule has 0 aliphatic carbocycles. The van der Waals surface area contributed by atoms with Crippen molar-refractivity contribution >= 4 is 35.0 Å². The van der Waals surface area contributed by atoms with Gasteiger partial charge in [0.25, 0.3) is 5.91 Å². The Labute approximate surface area is 190 Å². The molecular formula is C22H25N5O4S. The van der Waals surface area contributed by atoms with E-state index in [1.54, 1.807) is 32.3 Å². The van der Waals surface area contributed by atoms with Gasteiger partial charge >= 0.3 is 0 Å². The maximum Gasteiger partial charge on any atom is 0.257 e. The number of benzene rings is 2. The fourth-order valence-electron chi connectivity index (χ4n) is 3.44. The van der Waals surface area contributed by atoms with Gasteiger partial charge in [0.15, 0.2) is 28.9 Å². The molecule has 3 aromatic rings. The van der Waals surface area contributed by atoms with E-state index in [-0.39, 0.29) is 36.0 Å². The molecule has 1 aliphatic rings. The largest absolute Gasteiger partial charge is 0.505 e. The lowest BCUT2D eigenvalue weighted by Crippen LogP contribution is -2.21. The molecule has 0 saturated carbocycles.